The average molecular weight is 258 g/mol. The normalized spacial score (nSPS) is 10.5. The Balaban J connectivity index is 2.17. The Kier molecular flexibility index (Phi) is 3.74. The first-order valence-electron chi connectivity index (χ1n) is 6.33. The lowest BCUT2D eigenvalue weighted by molar-refractivity contribution is 0.608. The number of nitrogens with one attached hydrogen (secondary N) is 1. The van der Waals surface area contributed by atoms with Gasteiger partial charge in [0.25, 0.3) is 0 Å². The van der Waals surface area contributed by atoms with Crippen LogP contribution in [0.15, 0.2) is 30.3 Å². The van der Waals surface area contributed by atoms with Crippen molar-refractivity contribution in [3.63, 3.8) is 0 Å². The summed E-state index contributed by atoms with van der Waals surface area (Å²) in [6.07, 6.45) is 0. The van der Waals surface area contributed by atoms with Crippen molar-refractivity contribution >= 4 is 11.4 Å². The van der Waals surface area contributed by atoms with E-state index >= 15 is 0 Å². The van der Waals surface area contributed by atoms with Gasteiger partial charge in [-0.1, -0.05) is 18.2 Å². The highest BCUT2D eigenvalue weighted by Crippen LogP contribution is 2.20. The molecule has 0 aliphatic carbocycles. The maximum absolute atomic E-state index is 13.6. The molecule has 19 heavy (non-hydrogen) atoms. The van der Waals surface area contributed by atoms with E-state index in [0.717, 1.165) is 22.5 Å². The average Bonchev–Trinajstić information content (AvgIpc) is 2.37. The molecule has 0 atom stereocenters. The van der Waals surface area contributed by atoms with Crippen LogP contribution in [-0.4, -0.2) is 0 Å². The monoisotopic (exact) mass is 258 g/mol. The lowest BCUT2D eigenvalue weighted by Crippen LogP contribution is -2.03. The molecular weight excluding hydrogens is 239 g/mol. The smallest absolute Gasteiger partial charge is 0.129 e. The van der Waals surface area contributed by atoms with E-state index in [2.05, 4.69) is 5.32 Å². The Morgan fingerprint density at radius 2 is 1.63 bits per heavy atom. The third-order valence-corrected chi connectivity index (χ3v) is 3.24. The second kappa shape index (κ2) is 5.31. The van der Waals surface area contributed by atoms with Gasteiger partial charge in [-0.15, -0.1) is 0 Å². The predicted octanol–water partition coefficient (Wildman–Crippen LogP) is 3.95. The zero-order valence-corrected chi connectivity index (χ0v) is 11.5. The largest absolute Gasteiger partial charge is 0.399 e. The van der Waals surface area contributed by atoms with Crippen LogP contribution < -0.4 is 11.1 Å². The highest BCUT2D eigenvalue weighted by atomic mass is 19.1. The van der Waals surface area contributed by atoms with Gasteiger partial charge < -0.3 is 11.1 Å². The Bertz CT molecular complexity index is 583. The van der Waals surface area contributed by atoms with Crippen LogP contribution in [0.4, 0.5) is 15.8 Å². The van der Waals surface area contributed by atoms with E-state index in [1.165, 1.54) is 0 Å². The molecule has 0 unspecified atom stereocenters. The van der Waals surface area contributed by atoms with Crippen LogP contribution in [0, 0.1) is 26.6 Å². The summed E-state index contributed by atoms with van der Waals surface area (Å²) in [7, 11) is 0. The van der Waals surface area contributed by atoms with Gasteiger partial charge in [-0.25, -0.2) is 4.39 Å². The number of hydrogen-bond donors (Lipinski definition) is 2. The maximum atomic E-state index is 13.6. The fourth-order valence-electron chi connectivity index (χ4n) is 2.16. The highest BCUT2D eigenvalue weighted by Gasteiger charge is 2.05. The quantitative estimate of drug-likeness (QED) is 0.818. The minimum Gasteiger partial charge on any atom is -0.399 e. The first-order valence-corrected chi connectivity index (χ1v) is 6.33. The zero-order valence-electron chi connectivity index (χ0n) is 11.5. The van der Waals surface area contributed by atoms with Gasteiger partial charge in [-0.2, -0.15) is 0 Å². The van der Waals surface area contributed by atoms with E-state index in [1.54, 1.807) is 13.8 Å². The summed E-state index contributed by atoms with van der Waals surface area (Å²) in [4.78, 5) is 0. The number of benzene rings is 2. The number of anilines is 2. The van der Waals surface area contributed by atoms with Crippen molar-refractivity contribution < 1.29 is 4.39 Å². The maximum Gasteiger partial charge on any atom is 0.129 e. The number of halogens is 1. The Labute approximate surface area is 113 Å². The molecule has 0 aromatic heterocycles. The van der Waals surface area contributed by atoms with E-state index < -0.39 is 0 Å². The van der Waals surface area contributed by atoms with Crippen molar-refractivity contribution in [2.24, 2.45) is 0 Å². The molecule has 2 aromatic carbocycles. The highest BCUT2D eigenvalue weighted by molar-refractivity contribution is 5.59. The zero-order chi connectivity index (χ0) is 14.0. The van der Waals surface area contributed by atoms with Crippen LogP contribution >= 0.6 is 0 Å². The van der Waals surface area contributed by atoms with Crippen LogP contribution in [0.5, 0.6) is 0 Å². The molecule has 0 fully saturated rings. The molecule has 3 N–H and O–H groups in total. The first kappa shape index (κ1) is 13.4. The van der Waals surface area contributed by atoms with Gasteiger partial charge in [0.05, 0.1) is 0 Å². The fourth-order valence-corrected chi connectivity index (χ4v) is 2.16. The summed E-state index contributed by atoms with van der Waals surface area (Å²) in [5.74, 6) is -0.121. The Hall–Kier alpha value is -2.03. The number of rotatable bonds is 3. The van der Waals surface area contributed by atoms with E-state index in [-0.39, 0.29) is 5.82 Å². The lowest BCUT2D eigenvalue weighted by atomic mass is 10.1. The molecule has 0 saturated heterocycles. The van der Waals surface area contributed by atoms with Crippen LogP contribution in [-0.2, 0) is 6.54 Å². The summed E-state index contributed by atoms with van der Waals surface area (Å²) < 4.78 is 13.6. The third-order valence-electron chi connectivity index (χ3n) is 3.24. The molecule has 0 aliphatic rings. The Morgan fingerprint density at radius 3 is 2.26 bits per heavy atom. The van der Waals surface area contributed by atoms with E-state index in [0.29, 0.717) is 17.7 Å². The molecule has 0 radical (unpaired) electrons. The van der Waals surface area contributed by atoms with E-state index in [9.17, 15) is 4.39 Å². The van der Waals surface area contributed by atoms with E-state index in [4.69, 9.17) is 5.73 Å². The summed E-state index contributed by atoms with van der Waals surface area (Å²) in [6.45, 7) is 6.27. The molecule has 0 saturated carbocycles. The predicted molar refractivity (Wildman–Crippen MR) is 78.8 cm³/mol. The molecule has 2 aromatic rings. The molecular formula is C16H19FN2. The summed E-state index contributed by atoms with van der Waals surface area (Å²) in [5, 5.41) is 3.34. The molecule has 2 rings (SSSR count). The van der Waals surface area contributed by atoms with Crippen LogP contribution in [0.3, 0.4) is 0 Å². The van der Waals surface area contributed by atoms with Gasteiger partial charge in [-0.3, -0.25) is 0 Å². The SMILES string of the molecule is Cc1ccc(N)cc1NCc1cc(C)c(F)c(C)c1. The second-order valence-electron chi connectivity index (χ2n) is 4.97. The number of nitrogens with two attached hydrogens (primary N) is 1. The van der Waals surface area contributed by atoms with Crippen LogP contribution in [0.25, 0.3) is 0 Å². The number of hydrogen-bond acceptors (Lipinski definition) is 2. The molecule has 0 amide bonds. The Morgan fingerprint density at radius 1 is 1.00 bits per heavy atom. The van der Waals surface area contributed by atoms with Gasteiger partial charge in [0.1, 0.15) is 5.82 Å². The molecule has 0 bridgehead atoms. The topological polar surface area (TPSA) is 38.0 Å². The first-order chi connectivity index (χ1) is 8.97. The van der Waals surface area contributed by atoms with Crippen molar-refractivity contribution in [1.29, 1.82) is 0 Å². The van der Waals surface area contributed by atoms with Crippen molar-refractivity contribution in [2.45, 2.75) is 27.3 Å². The molecule has 0 heterocycles. The second-order valence-corrected chi connectivity index (χ2v) is 4.97. The van der Waals surface area contributed by atoms with Crippen molar-refractivity contribution in [1.82, 2.24) is 0 Å². The minimum absolute atomic E-state index is 0.121. The van der Waals surface area contributed by atoms with Crippen molar-refractivity contribution in [3.8, 4) is 0 Å². The standard InChI is InChI=1S/C16H19FN2/c1-10-4-5-14(18)8-15(10)19-9-13-6-11(2)16(17)12(3)7-13/h4-8,19H,9,18H2,1-3H3. The van der Waals surface area contributed by atoms with Gasteiger partial charge in [-0.05, 0) is 55.2 Å². The lowest BCUT2D eigenvalue weighted by Gasteiger charge is -2.12. The number of aryl methyl sites for hydroxylation is 3. The van der Waals surface area contributed by atoms with Crippen molar-refractivity contribution in [3.05, 3.63) is 58.4 Å². The summed E-state index contributed by atoms with van der Waals surface area (Å²) in [5.41, 5.74) is 11.1. The summed E-state index contributed by atoms with van der Waals surface area (Å²) >= 11 is 0. The number of nitrogen functional groups attached to an aromatic ring is 1. The van der Waals surface area contributed by atoms with Crippen molar-refractivity contribution in [2.75, 3.05) is 11.1 Å². The molecule has 0 spiro atoms. The molecule has 2 nitrogen and oxygen atoms in total. The fraction of sp³-hybridized carbons (Fsp3) is 0.250. The minimum atomic E-state index is -0.121. The van der Waals surface area contributed by atoms with E-state index in [1.807, 2.05) is 37.3 Å². The summed E-state index contributed by atoms with van der Waals surface area (Å²) in [6, 6.07) is 9.53. The van der Waals surface area contributed by atoms with Crippen LogP contribution in [0.1, 0.15) is 22.3 Å². The van der Waals surface area contributed by atoms with Gasteiger partial charge in [0.2, 0.25) is 0 Å². The van der Waals surface area contributed by atoms with Crippen LogP contribution in [0.2, 0.25) is 0 Å². The van der Waals surface area contributed by atoms with Gasteiger partial charge in [0, 0.05) is 17.9 Å². The third kappa shape index (κ3) is 3.05. The van der Waals surface area contributed by atoms with Gasteiger partial charge >= 0.3 is 0 Å². The molecule has 0 aliphatic heterocycles. The molecule has 3 heteroatoms. The van der Waals surface area contributed by atoms with Gasteiger partial charge in [0.15, 0.2) is 0 Å². The molecule has 100 valence electrons.